The summed E-state index contributed by atoms with van der Waals surface area (Å²) in [5.41, 5.74) is 3.96. The highest BCUT2D eigenvalue weighted by Gasteiger charge is 2.24. The first-order valence-corrected chi connectivity index (χ1v) is 9.39. The molecule has 0 saturated heterocycles. The van der Waals surface area contributed by atoms with Crippen LogP contribution in [0.4, 0.5) is 11.4 Å². The number of hydrogen-bond acceptors (Lipinski definition) is 4. The molecule has 2 aromatic carbocycles. The molecule has 0 aliphatic carbocycles. The summed E-state index contributed by atoms with van der Waals surface area (Å²) >= 11 is 0. The zero-order valence-electron chi connectivity index (χ0n) is 13.7. The molecule has 1 aliphatic heterocycles. The summed E-state index contributed by atoms with van der Waals surface area (Å²) < 4.78 is 25.9. The zero-order valence-corrected chi connectivity index (χ0v) is 14.5. The lowest BCUT2D eigenvalue weighted by Gasteiger charge is -2.20. The molecule has 3 rings (SSSR count). The molecular weight excluding hydrogens is 324 g/mol. The van der Waals surface area contributed by atoms with Gasteiger partial charge in [-0.05, 0) is 17.7 Å². The van der Waals surface area contributed by atoms with Gasteiger partial charge in [0.15, 0.2) is 0 Å². The molecule has 0 radical (unpaired) electrons. The fourth-order valence-electron chi connectivity index (χ4n) is 2.61. The summed E-state index contributed by atoms with van der Waals surface area (Å²) in [4.78, 5) is 4.76. The number of anilines is 2. The fraction of sp³-hybridized carbons (Fsp3) is 0.222. The Bertz CT molecular complexity index is 768. The number of fused-ring (bicyclic) bond motifs is 1. The van der Waals surface area contributed by atoms with Crippen molar-refractivity contribution in [3.63, 3.8) is 0 Å². The molecule has 5 nitrogen and oxygen atoms in total. The van der Waals surface area contributed by atoms with E-state index < -0.39 is 10.1 Å². The summed E-state index contributed by atoms with van der Waals surface area (Å²) in [6.45, 7) is 6.62. The largest absolute Gasteiger partial charge is 0.348 e. The van der Waals surface area contributed by atoms with Gasteiger partial charge < -0.3 is 9.80 Å². The fourth-order valence-corrected chi connectivity index (χ4v) is 2.61. The predicted octanol–water partition coefficient (Wildman–Crippen LogP) is 3.16. The second-order valence-electron chi connectivity index (χ2n) is 5.56. The van der Waals surface area contributed by atoms with Crippen molar-refractivity contribution in [3.8, 4) is 0 Å². The molecule has 0 aromatic heterocycles. The summed E-state index contributed by atoms with van der Waals surface area (Å²) in [6, 6.07) is 19.2. The van der Waals surface area contributed by atoms with E-state index in [0.717, 1.165) is 19.8 Å². The number of para-hydroxylation sites is 2. The van der Waals surface area contributed by atoms with Gasteiger partial charge in [-0.25, -0.2) is 0 Å². The van der Waals surface area contributed by atoms with Crippen LogP contribution in [0.5, 0.6) is 0 Å². The molecule has 0 saturated carbocycles. The van der Waals surface area contributed by atoms with Crippen LogP contribution in [0.25, 0.3) is 0 Å². The standard InChI is InChI=1S/C17H18N2.CH4O3S/c1-2-12-18-14-19(13-15-8-4-3-5-9-15)17-11-7-6-10-16(17)18;1-5(2,3)4/h2-11H,1,12-14H2;1H3,(H,2,3,4). The molecule has 24 heavy (non-hydrogen) atoms. The Morgan fingerprint density at radius 3 is 2.08 bits per heavy atom. The maximum Gasteiger partial charge on any atom is 0.261 e. The van der Waals surface area contributed by atoms with E-state index >= 15 is 0 Å². The highest BCUT2D eigenvalue weighted by atomic mass is 32.2. The van der Waals surface area contributed by atoms with Crippen molar-refractivity contribution in [3.05, 3.63) is 72.8 Å². The zero-order chi connectivity index (χ0) is 17.6. The molecule has 1 N–H and O–H groups in total. The number of benzene rings is 2. The second kappa shape index (κ2) is 7.99. The average Bonchev–Trinajstić information content (AvgIpc) is 2.86. The predicted molar refractivity (Wildman–Crippen MR) is 98.9 cm³/mol. The van der Waals surface area contributed by atoms with Gasteiger partial charge in [0.05, 0.1) is 24.3 Å². The Hall–Kier alpha value is -2.31. The van der Waals surface area contributed by atoms with E-state index in [1.54, 1.807) is 0 Å². The Morgan fingerprint density at radius 1 is 1.04 bits per heavy atom. The van der Waals surface area contributed by atoms with Gasteiger partial charge >= 0.3 is 0 Å². The smallest absolute Gasteiger partial charge is 0.261 e. The molecule has 0 unspecified atom stereocenters. The van der Waals surface area contributed by atoms with Crippen LogP contribution in [-0.2, 0) is 16.7 Å². The van der Waals surface area contributed by atoms with Crippen LogP contribution in [0.1, 0.15) is 5.56 Å². The van der Waals surface area contributed by atoms with Crippen LogP contribution in [-0.4, -0.2) is 32.4 Å². The van der Waals surface area contributed by atoms with Gasteiger partial charge in [-0.3, -0.25) is 4.55 Å². The molecule has 0 atom stereocenters. The van der Waals surface area contributed by atoms with Crippen molar-refractivity contribution in [2.45, 2.75) is 6.54 Å². The van der Waals surface area contributed by atoms with E-state index in [1.807, 2.05) is 6.08 Å². The molecule has 0 fully saturated rings. The lowest BCUT2D eigenvalue weighted by molar-refractivity contribution is 0.490. The molecule has 128 valence electrons. The van der Waals surface area contributed by atoms with E-state index in [-0.39, 0.29) is 0 Å². The molecule has 6 heteroatoms. The number of nitrogens with zero attached hydrogens (tertiary/aromatic N) is 2. The topological polar surface area (TPSA) is 60.9 Å². The minimum Gasteiger partial charge on any atom is -0.348 e. The van der Waals surface area contributed by atoms with E-state index in [1.165, 1.54) is 16.9 Å². The molecule has 0 spiro atoms. The van der Waals surface area contributed by atoms with E-state index in [2.05, 4.69) is 71.0 Å². The lowest BCUT2D eigenvalue weighted by Crippen LogP contribution is -2.30. The van der Waals surface area contributed by atoms with Crippen molar-refractivity contribution in [1.29, 1.82) is 0 Å². The van der Waals surface area contributed by atoms with Gasteiger partial charge in [0.2, 0.25) is 0 Å². The third kappa shape index (κ3) is 5.40. The van der Waals surface area contributed by atoms with Gasteiger partial charge in [-0.1, -0.05) is 48.5 Å². The van der Waals surface area contributed by atoms with Crippen molar-refractivity contribution in [2.75, 3.05) is 29.3 Å². The highest BCUT2D eigenvalue weighted by molar-refractivity contribution is 7.85. The van der Waals surface area contributed by atoms with Gasteiger partial charge in [-0.15, -0.1) is 6.58 Å². The van der Waals surface area contributed by atoms with Crippen molar-refractivity contribution >= 4 is 21.5 Å². The van der Waals surface area contributed by atoms with Crippen molar-refractivity contribution < 1.29 is 13.0 Å². The number of hydrogen-bond donors (Lipinski definition) is 1. The summed E-state index contributed by atoms with van der Waals surface area (Å²) in [6.07, 6.45) is 2.68. The molecule has 1 aliphatic rings. The maximum absolute atomic E-state index is 9.19. The molecule has 0 amide bonds. The minimum atomic E-state index is -3.67. The summed E-state index contributed by atoms with van der Waals surface area (Å²) in [5, 5.41) is 0. The Kier molecular flexibility index (Phi) is 6.00. The first kappa shape index (κ1) is 18.0. The Labute approximate surface area is 143 Å². The molecule has 0 bridgehead atoms. The normalized spacial score (nSPS) is 13.1. The first-order chi connectivity index (χ1) is 11.4. The third-order valence-electron chi connectivity index (χ3n) is 3.47. The quantitative estimate of drug-likeness (QED) is 0.681. The van der Waals surface area contributed by atoms with Crippen molar-refractivity contribution in [2.24, 2.45) is 0 Å². The SMILES string of the molecule is C=CCN1CN(Cc2ccccc2)c2ccccc21.CS(=O)(=O)O. The Balaban J connectivity index is 0.000000368. The number of rotatable bonds is 4. The van der Waals surface area contributed by atoms with Crippen molar-refractivity contribution in [1.82, 2.24) is 0 Å². The molecule has 2 aromatic rings. The third-order valence-corrected chi connectivity index (χ3v) is 3.47. The van der Waals surface area contributed by atoms with Crippen LogP contribution in [0.3, 0.4) is 0 Å². The first-order valence-electron chi connectivity index (χ1n) is 7.54. The van der Waals surface area contributed by atoms with Crippen LogP contribution < -0.4 is 9.80 Å². The van der Waals surface area contributed by atoms with Crippen LogP contribution >= 0.6 is 0 Å². The van der Waals surface area contributed by atoms with Gasteiger partial charge in [0.25, 0.3) is 10.1 Å². The molecular formula is C18H22N2O3S. The van der Waals surface area contributed by atoms with E-state index in [4.69, 9.17) is 4.55 Å². The summed E-state index contributed by atoms with van der Waals surface area (Å²) in [5.74, 6) is 0. The minimum absolute atomic E-state index is 0.715. The van der Waals surface area contributed by atoms with Crippen LogP contribution in [0.15, 0.2) is 67.3 Å². The van der Waals surface area contributed by atoms with E-state index in [0.29, 0.717) is 6.26 Å². The highest BCUT2D eigenvalue weighted by Crippen LogP contribution is 2.36. The monoisotopic (exact) mass is 346 g/mol. The van der Waals surface area contributed by atoms with E-state index in [9.17, 15) is 8.42 Å². The second-order valence-corrected chi connectivity index (χ2v) is 7.02. The summed E-state index contributed by atoms with van der Waals surface area (Å²) in [7, 11) is -3.67. The van der Waals surface area contributed by atoms with Gasteiger partial charge in [0, 0.05) is 13.1 Å². The maximum atomic E-state index is 9.19. The van der Waals surface area contributed by atoms with Crippen LogP contribution in [0, 0.1) is 0 Å². The Morgan fingerprint density at radius 2 is 1.54 bits per heavy atom. The van der Waals surface area contributed by atoms with Gasteiger partial charge in [-0.2, -0.15) is 8.42 Å². The lowest BCUT2D eigenvalue weighted by atomic mass is 10.2. The van der Waals surface area contributed by atoms with Gasteiger partial charge in [0.1, 0.15) is 0 Å². The average molecular weight is 346 g/mol. The molecule has 1 heterocycles. The van der Waals surface area contributed by atoms with Crippen LogP contribution in [0.2, 0.25) is 0 Å².